The highest BCUT2D eigenvalue weighted by atomic mass is 32.2. The molecular weight excluding hydrogens is 232 g/mol. The number of hydrogen-bond donors (Lipinski definition) is 2. The van der Waals surface area contributed by atoms with Crippen molar-refractivity contribution in [3.63, 3.8) is 0 Å². The number of benzene rings is 1. The summed E-state index contributed by atoms with van der Waals surface area (Å²) in [5.74, 6) is 3.85. The molecule has 0 radical (unpaired) electrons. The number of rotatable bonds is 6. The van der Waals surface area contributed by atoms with E-state index in [1.807, 2.05) is 30.3 Å². The number of terminal acetylenes is 1. The molecule has 4 heteroatoms. The third-order valence-electron chi connectivity index (χ3n) is 2.17. The van der Waals surface area contributed by atoms with Gasteiger partial charge in [0.25, 0.3) is 0 Å². The summed E-state index contributed by atoms with van der Waals surface area (Å²) in [4.78, 5) is 11.7. The summed E-state index contributed by atoms with van der Waals surface area (Å²) < 4.78 is 0. The van der Waals surface area contributed by atoms with Crippen molar-refractivity contribution in [3.05, 3.63) is 35.9 Å². The summed E-state index contributed by atoms with van der Waals surface area (Å²) in [5.41, 5.74) is 6.65. The van der Waals surface area contributed by atoms with Crippen LogP contribution in [-0.4, -0.2) is 24.0 Å². The maximum absolute atomic E-state index is 11.7. The van der Waals surface area contributed by atoms with Gasteiger partial charge in [0.15, 0.2) is 0 Å². The Kier molecular flexibility index (Phi) is 6.23. The van der Waals surface area contributed by atoms with Crippen LogP contribution >= 0.6 is 11.8 Å². The van der Waals surface area contributed by atoms with Gasteiger partial charge in [-0.1, -0.05) is 36.3 Å². The summed E-state index contributed by atoms with van der Waals surface area (Å²) in [7, 11) is 0. The molecule has 1 amide bonds. The SMILES string of the molecule is C#CCSCCNC(=O)[C@@H](N)c1ccccc1. The molecule has 90 valence electrons. The molecule has 0 aromatic heterocycles. The van der Waals surface area contributed by atoms with Gasteiger partial charge in [0.05, 0.1) is 5.75 Å². The summed E-state index contributed by atoms with van der Waals surface area (Å²) in [6.07, 6.45) is 5.12. The third-order valence-corrected chi connectivity index (χ3v) is 3.04. The Bertz CT molecular complexity index is 386. The van der Waals surface area contributed by atoms with Crippen LogP contribution in [0.2, 0.25) is 0 Å². The molecule has 0 spiro atoms. The number of nitrogens with one attached hydrogen (secondary N) is 1. The highest BCUT2D eigenvalue weighted by molar-refractivity contribution is 7.99. The van der Waals surface area contributed by atoms with Crippen molar-refractivity contribution in [2.75, 3.05) is 18.1 Å². The lowest BCUT2D eigenvalue weighted by atomic mass is 10.1. The first kappa shape index (κ1) is 13.6. The molecule has 0 aliphatic heterocycles. The third kappa shape index (κ3) is 4.94. The fourth-order valence-corrected chi connectivity index (χ4v) is 1.81. The van der Waals surface area contributed by atoms with E-state index in [4.69, 9.17) is 12.2 Å². The largest absolute Gasteiger partial charge is 0.354 e. The van der Waals surface area contributed by atoms with Crippen LogP contribution < -0.4 is 11.1 Å². The molecule has 0 fully saturated rings. The van der Waals surface area contributed by atoms with E-state index in [-0.39, 0.29) is 5.91 Å². The molecule has 3 nitrogen and oxygen atoms in total. The second-order valence-electron chi connectivity index (χ2n) is 3.44. The molecule has 0 aliphatic rings. The first-order valence-electron chi connectivity index (χ1n) is 5.35. The van der Waals surface area contributed by atoms with Crippen molar-refractivity contribution in [2.24, 2.45) is 5.73 Å². The second-order valence-corrected chi connectivity index (χ2v) is 4.54. The van der Waals surface area contributed by atoms with Crippen LogP contribution in [-0.2, 0) is 4.79 Å². The Morgan fingerprint density at radius 2 is 2.18 bits per heavy atom. The zero-order chi connectivity index (χ0) is 12.5. The topological polar surface area (TPSA) is 55.1 Å². The molecule has 1 aromatic carbocycles. The van der Waals surface area contributed by atoms with Gasteiger partial charge in [-0.15, -0.1) is 18.2 Å². The van der Waals surface area contributed by atoms with Crippen molar-refractivity contribution in [1.29, 1.82) is 0 Å². The number of hydrogen-bond acceptors (Lipinski definition) is 3. The standard InChI is InChI=1S/C13H16N2OS/c1-2-9-17-10-8-15-13(16)12(14)11-6-4-3-5-7-11/h1,3-7,12H,8-10,14H2,(H,15,16)/t12-/m0/s1. The molecule has 17 heavy (non-hydrogen) atoms. The Balaban J connectivity index is 2.31. The van der Waals surface area contributed by atoms with Crippen molar-refractivity contribution in [1.82, 2.24) is 5.32 Å². The molecular formula is C13H16N2OS. The first-order valence-corrected chi connectivity index (χ1v) is 6.50. The lowest BCUT2D eigenvalue weighted by molar-refractivity contribution is -0.122. The van der Waals surface area contributed by atoms with Gasteiger partial charge in [-0.2, -0.15) is 0 Å². The monoisotopic (exact) mass is 248 g/mol. The maximum Gasteiger partial charge on any atom is 0.241 e. The van der Waals surface area contributed by atoms with Crippen LogP contribution in [0.4, 0.5) is 0 Å². The zero-order valence-corrected chi connectivity index (χ0v) is 10.4. The number of thioether (sulfide) groups is 1. The molecule has 0 saturated carbocycles. The van der Waals surface area contributed by atoms with Gasteiger partial charge in [-0.25, -0.2) is 0 Å². The maximum atomic E-state index is 11.7. The van der Waals surface area contributed by atoms with Crippen LogP contribution in [0.3, 0.4) is 0 Å². The van der Waals surface area contributed by atoms with Gasteiger partial charge in [-0.3, -0.25) is 4.79 Å². The molecule has 0 heterocycles. The average Bonchev–Trinajstić information content (AvgIpc) is 2.38. The summed E-state index contributed by atoms with van der Waals surface area (Å²) in [6.45, 7) is 0.589. The van der Waals surface area contributed by atoms with Crippen LogP contribution in [0.1, 0.15) is 11.6 Å². The quantitative estimate of drug-likeness (QED) is 0.587. The average molecular weight is 248 g/mol. The summed E-state index contributed by atoms with van der Waals surface area (Å²) in [5, 5.41) is 2.79. The van der Waals surface area contributed by atoms with E-state index in [1.165, 1.54) is 0 Å². The minimum Gasteiger partial charge on any atom is -0.354 e. The highest BCUT2D eigenvalue weighted by Crippen LogP contribution is 2.09. The van der Waals surface area contributed by atoms with Crippen molar-refractivity contribution in [3.8, 4) is 12.3 Å². The first-order chi connectivity index (χ1) is 8.25. The van der Waals surface area contributed by atoms with Gasteiger partial charge in [0.2, 0.25) is 5.91 Å². The lowest BCUT2D eigenvalue weighted by Gasteiger charge is -2.12. The smallest absolute Gasteiger partial charge is 0.241 e. The Hall–Kier alpha value is -1.44. The zero-order valence-electron chi connectivity index (χ0n) is 9.56. The molecule has 1 rings (SSSR count). The van der Waals surface area contributed by atoms with Crippen LogP contribution in [0.5, 0.6) is 0 Å². The highest BCUT2D eigenvalue weighted by Gasteiger charge is 2.14. The van der Waals surface area contributed by atoms with Crippen LogP contribution in [0, 0.1) is 12.3 Å². The number of carbonyl (C=O) groups excluding carboxylic acids is 1. The predicted molar refractivity (Wildman–Crippen MR) is 72.5 cm³/mol. The van der Waals surface area contributed by atoms with E-state index in [0.717, 1.165) is 11.3 Å². The predicted octanol–water partition coefficient (Wildman–Crippen LogP) is 1.17. The fourth-order valence-electron chi connectivity index (χ4n) is 1.30. The van der Waals surface area contributed by atoms with Crippen molar-refractivity contribution in [2.45, 2.75) is 6.04 Å². The molecule has 0 saturated heterocycles. The minimum atomic E-state index is -0.603. The van der Waals surface area contributed by atoms with E-state index in [9.17, 15) is 4.79 Å². The summed E-state index contributed by atoms with van der Waals surface area (Å²) in [6, 6.07) is 8.71. The van der Waals surface area contributed by atoms with Gasteiger partial charge in [0.1, 0.15) is 6.04 Å². The van der Waals surface area contributed by atoms with Crippen LogP contribution in [0.15, 0.2) is 30.3 Å². The second kappa shape index (κ2) is 7.77. The number of amides is 1. The Morgan fingerprint density at radius 3 is 2.82 bits per heavy atom. The molecule has 3 N–H and O–H groups in total. The summed E-state index contributed by atoms with van der Waals surface area (Å²) >= 11 is 1.61. The molecule has 0 bridgehead atoms. The molecule has 1 atom stereocenters. The Labute approximate surface area is 106 Å². The molecule has 0 aliphatic carbocycles. The van der Waals surface area contributed by atoms with Crippen LogP contribution in [0.25, 0.3) is 0 Å². The molecule has 1 aromatic rings. The van der Waals surface area contributed by atoms with Gasteiger partial charge >= 0.3 is 0 Å². The van der Waals surface area contributed by atoms with Crippen molar-refractivity contribution >= 4 is 17.7 Å². The van der Waals surface area contributed by atoms with Gasteiger partial charge in [-0.05, 0) is 5.56 Å². The normalized spacial score (nSPS) is 11.5. The van der Waals surface area contributed by atoms with Gasteiger partial charge < -0.3 is 11.1 Å². The fraction of sp³-hybridized carbons (Fsp3) is 0.308. The van der Waals surface area contributed by atoms with E-state index in [0.29, 0.717) is 12.3 Å². The van der Waals surface area contributed by atoms with E-state index >= 15 is 0 Å². The van der Waals surface area contributed by atoms with Gasteiger partial charge in [0, 0.05) is 12.3 Å². The van der Waals surface area contributed by atoms with E-state index in [1.54, 1.807) is 11.8 Å². The van der Waals surface area contributed by atoms with Crippen molar-refractivity contribution < 1.29 is 4.79 Å². The number of carbonyl (C=O) groups is 1. The molecule has 0 unspecified atom stereocenters. The van der Waals surface area contributed by atoms with E-state index in [2.05, 4.69) is 11.2 Å². The Morgan fingerprint density at radius 1 is 1.47 bits per heavy atom. The number of nitrogens with two attached hydrogens (primary N) is 1. The van der Waals surface area contributed by atoms with E-state index < -0.39 is 6.04 Å². The minimum absolute atomic E-state index is 0.155. The lowest BCUT2D eigenvalue weighted by Crippen LogP contribution is -2.35.